The van der Waals surface area contributed by atoms with Gasteiger partial charge < -0.3 is 5.32 Å². The summed E-state index contributed by atoms with van der Waals surface area (Å²) in [6.07, 6.45) is 3.83. The zero-order valence-corrected chi connectivity index (χ0v) is 18.7. The molecule has 1 fully saturated rings. The van der Waals surface area contributed by atoms with E-state index in [9.17, 15) is 9.18 Å². The number of hydrogen-bond donors (Lipinski definition) is 1. The van der Waals surface area contributed by atoms with E-state index in [1.807, 2.05) is 41.0 Å². The highest BCUT2D eigenvalue weighted by atomic mass is 35.5. The van der Waals surface area contributed by atoms with Crippen LogP contribution in [0.15, 0.2) is 66.0 Å². The van der Waals surface area contributed by atoms with Gasteiger partial charge >= 0.3 is 0 Å². The van der Waals surface area contributed by atoms with Crippen LogP contribution in [0.25, 0.3) is 11.2 Å². The molecule has 8 heteroatoms. The molecule has 1 aliphatic rings. The Hall–Kier alpha value is -2.90. The quantitative estimate of drug-likeness (QED) is 0.367. The van der Waals surface area contributed by atoms with Crippen LogP contribution in [0.5, 0.6) is 0 Å². The van der Waals surface area contributed by atoms with Crippen molar-refractivity contribution in [2.24, 2.45) is 0 Å². The Morgan fingerprint density at radius 2 is 1.97 bits per heavy atom. The lowest BCUT2D eigenvalue weighted by Gasteiger charge is -2.11. The first-order valence-electron chi connectivity index (χ1n) is 10.4. The number of hydrogen-bond acceptors (Lipinski definition) is 4. The van der Waals surface area contributed by atoms with Gasteiger partial charge in [-0.25, -0.2) is 14.4 Å². The fourth-order valence-electron chi connectivity index (χ4n) is 3.43. The number of imidazole rings is 1. The minimum absolute atomic E-state index is 0.0265. The SMILES string of the molecule is O=C(NC1CC1)c1ccc(CSc2nc3cccnc3n2Cc2c(F)cccc2Cl)cc1. The van der Waals surface area contributed by atoms with Gasteiger partial charge in [0.15, 0.2) is 10.8 Å². The minimum atomic E-state index is -0.355. The third-order valence-electron chi connectivity index (χ3n) is 5.34. The van der Waals surface area contributed by atoms with E-state index in [1.165, 1.54) is 17.8 Å². The number of rotatable bonds is 7. The van der Waals surface area contributed by atoms with Gasteiger partial charge in [-0.2, -0.15) is 0 Å². The summed E-state index contributed by atoms with van der Waals surface area (Å²) in [5, 5.41) is 4.10. The van der Waals surface area contributed by atoms with Crippen molar-refractivity contribution >= 4 is 40.4 Å². The number of nitrogens with zero attached hydrogens (tertiary/aromatic N) is 3. The monoisotopic (exact) mass is 466 g/mol. The number of thioether (sulfide) groups is 1. The Morgan fingerprint density at radius 3 is 2.72 bits per heavy atom. The Labute approximate surface area is 194 Å². The number of nitrogens with one attached hydrogen (secondary N) is 1. The van der Waals surface area contributed by atoms with Gasteiger partial charge in [0.05, 0.1) is 6.54 Å². The van der Waals surface area contributed by atoms with Crippen molar-refractivity contribution in [2.75, 3.05) is 0 Å². The average Bonchev–Trinajstić information content (AvgIpc) is 3.54. The summed E-state index contributed by atoms with van der Waals surface area (Å²) in [6.45, 7) is 0.238. The summed E-state index contributed by atoms with van der Waals surface area (Å²) in [5.74, 6) is 0.270. The maximum absolute atomic E-state index is 14.4. The summed E-state index contributed by atoms with van der Waals surface area (Å²) in [5.41, 5.74) is 3.56. The van der Waals surface area contributed by atoms with Gasteiger partial charge in [0.25, 0.3) is 5.91 Å². The Morgan fingerprint density at radius 1 is 1.16 bits per heavy atom. The zero-order chi connectivity index (χ0) is 22.1. The molecule has 2 aromatic heterocycles. The van der Waals surface area contributed by atoms with Gasteiger partial charge in [0.2, 0.25) is 0 Å². The number of amides is 1. The molecule has 0 saturated heterocycles. The molecule has 0 atom stereocenters. The second kappa shape index (κ2) is 8.92. The van der Waals surface area contributed by atoms with Crippen LogP contribution < -0.4 is 5.32 Å². The Balaban J connectivity index is 1.37. The number of benzene rings is 2. The van der Waals surface area contributed by atoms with Crippen LogP contribution in [-0.2, 0) is 12.3 Å². The van der Waals surface area contributed by atoms with E-state index >= 15 is 0 Å². The molecule has 1 N–H and O–H groups in total. The molecule has 1 amide bonds. The van der Waals surface area contributed by atoms with Crippen molar-refractivity contribution in [3.63, 3.8) is 0 Å². The second-order valence-electron chi connectivity index (χ2n) is 7.76. The molecule has 0 radical (unpaired) electrons. The van der Waals surface area contributed by atoms with E-state index in [1.54, 1.807) is 18.3 Å². The maximum Gasteiger partial charge on any atom is 0.251 e. The van der Waals surface area contributed by atoms with E-state index in [-0.39, 0.29) is 18.3 Å². The van der Waals surface area contributed by atoms with Gasteiger partial charge in [-0.05, 0) is 54.8 Å². The molecular weight excluding hydrogens is 447 g/mol. The Bertz CT molecular complexity index is 1270. The van der Waals surface area contributed by atoms with Crippen molar-refractivity contribution in [1.29, 1.82) is 0 Å². The summed E-state index contributed by atoms with van der Waals surface area (Å²) in [6, 6.07) is 16.3. The highest BCUT2D eigenvalue weighted by molar-refractivity contribution is 7.98. The van der Waals surface area contributed by atoms with Gasteiger partial charge in [-0.1, -0.05) is 41.6 Å². The standard InChI is InChI=1S/C24H20ClFN4OS/c25-19-3-1-4-20(26)18(19)13-30-22-21(5-2-12-27-22)29-24(30)32-14-15-6-8-16(9-7-15)23(31)28-17-10-11-17/h1-9,12,17H,10-11,13-14H2,(H,28,31). The van der Waals surface area contributed by atoms with E-state index in [0.717, 1.165) is 29.1 Å². The lowest BCUT2D eigenvalue weighted by Crippen LogP contribution is -2.25. The van der Waals surface area contributed by atoms with Gasteiger partial charge in [-0.3, -0.25) is 9.36 Å². The molecule has 4 aromatic rings. The van der Waals surface area contributed by atoms with E-state index in [0.29, 0.717) is 33.6 Å². The molecule has 0 aliphatic heterocycles. The topological polar surface area (TPSA) is 59.8 Å². The molecule has 162 valence electrons. The molecule has 5 nitrogen and oxygen atoms in total. The molecule has 2 heterocycles. The van der Waals surface area contributed by atoms with E-state index in [4.69, 9.17) is 16.6 Å². The first-order valence-corrected chi connectivity index (χ1v) is 11.7. The number of halogens is 2. The number of pyridine rings is 1. The molecule has 1 aliphatic carbocycles. The zero-order valence-electron chi connectivity index (χ0n) is 17.1. The minimum Gasteiger partial charge on any atom is -0.349 e. The summed E-state index contributed by atoms with van der Waals surface area (Å²) >= 11 is 7.80. The van der Waals surface area contributed by atoms with Crippen molar-refractivity contribution in [1.82, 2.24) is 19.9 Å². The van der Waals surface area contributed by atoms with Gasteiger partial charge in [0, 0.05) is 34.1 Å². The van der Waals surface area contributed by atoms with Gasteiger partial charge in [-0.15, -0.1) is 0 Å². The highest BCUT2D eigenvalue weighted by Gasteiger charge is 2.23. The lowest BCUT2D eigenvalue weighted by atomic mass is 10.1. The number of aromatic nitrogens is 3. The summed E-state index contributed by atoms with van der Waals surface area (Å²) in [4.78, 5) is 21.3. The van der Waals surface area contributed by atoms with Gasteiger partial charge in [0.1, 0.15) is 11.3 Å². The molecule has 0 bridgehead atoms. The van der Waals surface area contributed by atoms with Crippen molar-refractivity contribution in [3.8, 4) is 0 Å². The predicted molar refractivity (Wildman–Crippen MR) is 125 cm³/mol. The third-order valence-corrected chi connectivity index (χ3v) is 6.74. The van der Waals surface area contributed by atoms with E-state index in [2.05, 4.69) is 10.3 Å². The normalized spacial score (nSPS) is 13.4. The number of carbonyl (C=O) groups excluding carboxylic acids is 1. The van der Waals surface area contributed by atoms with Crippen LogP contribution >= 0.6 is 23.4 Å². The fraction of sp³-hybridized carbons (Fsp3) is 0.208. The first kappa shape index (κ1) is 21.0. The largest absolute Gasteiger partial charge is 0.349 e. The van der Waals surface area contributed by atoms with Crippen LogP contribution in [0.1, 0.15) is 34.3 Å². The molecule has 5 rings (SSSR count). The molecule has 2 aromatic carbocycles. The van der Waals surface area contributed by atoms with Crippen LogP contribution in [0.2, 0.25) is 5.02 Å². The summed E-state index contributed by atoms with van der Waals surface area (Å²) < 4.78 is 16.3. The molecular formula is C24H20ClFN4OS. The van der Waals surface area contributed by atoms with Crippen molar-refractivity contribution in [2.45, 2.75) is 36.3 Å². The molecule has 0 spiro atoms. The first-order chi connectivity index (χ1) is 15.6. The number of carbonyl (C=O) groups is 1. The third kappa shape index (κ3) is 4.49. The number of fused-ring (bicyclic) bond motifs is 1. The van der Waals surface area contributed by atoms with Crippen LogP contribution in [-0.4, -0.2) is 26.5 Å². The lowest BCUT2D eigenvalue weighted by molar-refractivity contribution is 0.0951. The summed E-state index contributed by atoms with van der Waals surface area (Å²) in [7, 11) is 0. The maximum atomic E-state index is 14.4. The van der Waals surface area contributed by atoms with Crippen molar-refractivity contribution in [3.05, 3.63) is 88.3 Å². The van der Waals surface area contributed by atoms with E-state index < -0.39 is 0 Å². The Kier molecular flexibility index (Phi) is 5.85. The average molecular weight is 467 g/mol. The van der Waals surface area contributed by atoms with Crippen LogP contribution in [0.4, 0.5) is 4.39 Å². The molecule has 32 heavy (non-hydrogen) atoms. The van der Waals surface area contributed by atoms with Crippen molar-refractivity contribution < 1.29 is 9.18 Å². The van der Waals surface area contributed by atoms with Crippen LogP contribution in [0.3, 0.4) is 0 Å². The predicted octanol–water partition coefficient (Wildman–Crippen LogP) is 5.46. The molecule has 1 saturated carbocycles. The smallest absolute Gasteiger partial charge is 0.251 e. The second-order valence-corrected chi connectivity index (χ2v) is 9.11. The van der Waals surface area contributed by atoms with Crippen LogP contribution in [0, 0.1) is 5.82 Å². The highest BCUT2D eigenvalue weighted by Crippen LogP contribution is 2.29. The fourth-order valence-corrected chi connectivity index (χ4v) is 4.61. The molecule has 0 unspecified atom stereocenters.